The Kier molecular flexibility index (Phi) is 5.53. The number of nitrogens with zero attached hydrogens (tertiary/aromatic N) is 3. The van der Waals surface area contributed by atoms with Gasteiger partial charge in [0.15, 0.2) is 5.75 Å². The maximum Gasteiger partial charge on any atom is 0.417 e. The van der Waals surface area contributed by atoms with E-state index >= 15 is 0 Å². The molecule has 3 rings (SSSR count). The van der Waals surface area contributed by atoms with Crippen molar-refractivity contribution in [1.82, 2.24) is 4.98 Å². The summed E-state index contributed by atoms with van der Waals surface area (Å²) in [5, 5.41) is 11.4. The molecule has 0 fully saturated rings. The quantitative estimate of drug-likeness (QED) is 0.750. The van der Waals surface area contributed by atoms with Crippen molar-refractivity contribution in [3.05, 3.63) is 45.9 Å². The van der Waals surface area contributed by atoms with Crippen LogP contribution in [0.5, 0.6) is 5.75 Å². The fourth-order valence-electron chi connectivity index (χ4n) is 2.88. The Morgan fingerprint density at radius 3 is 2.83 bits per heavy atom. The third kappa shape index (κ3) is 4.05. The van der Waals surface area contributed by atoms with Crippen LogP contribution in [0.3, 0.4) is 0 Å². The molecule has 0 spiro atoms. The molecule has 29 heavy (non-hydrogen) atoms. The normalized spacial score (nSPS) is 13.3. The molecular weight excluding hydrogens is 416 g/mol. The molecule has 0 aliphatic carbocycles. The molecule has 0 saturated heterocycles. The third-order valence-electron chi connectivity index (χ3n) is 4.15. The van der Waals surface area contributed by atoms with E-state index in [4.69, 9.17) is 21.6 Å². The van der Waals surface area contributed by atoms with E-state index in [2.05, 4.69) is 10.3 Å². The highest BCUT2D eigenvalue weighted by Crippen LogP contribution is 2.39. The number of rotatable bonds is 3. The van der Waals surface area contributed by atoms with E-state index in [9.17, 15) is 22.4 Å². The highest BCUT2D eigenvalue weighted by Gasteiger charge is 2.36. The summed E-state index contributed by atoms with van der Waals surface area (Å²) < 4.78 is 58.5. The number of halogens is 5. The lowest BCUT2D eigenvalue weighted by Crippen LogP contribution is -2.41. The number of amides is 1. The largest absolute Gasteiger partial charge is 0.488 e. The van der Waals surface area contributed by atoms with Gasteiger partial charge in [0.25, 0.3) is 0 Å². The number of fused-ring (bicyclic) bond motifs is 1. The van der Waals surface area contributed by atoms with E-state index in [0.717, 1.165) is 12.1 Å². The minimum Gasteiger partial charge on any atom is -0.488 e. The zero-order valence-corrected chi connectivity index (χ0v) is 15.7. The fraction of sp³-hybridized carbons (Fsp3) is 0.278. The molecule has 11 heteroatoms. The number of hydrogen-bond acceptors (Lipinski definition) is 5. The van der Waals surface area contributed by atoms with Gasteiger partial charge in [-0.3, -0.25) is 4.79 Å². The molecule has 1 aromatic carbocycles. The van der Waals surface area contributed by atoms with Crippen molar-refractivity contribution in [2.75, 3.05) is 29.9 Å². The zero-order valence-electron chi connectivity index (χ0n) is 14.9. The Hall–Kier alpha value is -3.06. The van der Waals surface area contributed by atoms with E-state index in [-0.39, 0.29) is 41.1 Å². The first-order chi connectivity index (χ1) is 13.6. The second kappa shape index (κ2) is 7.75. The average Bonchev–Trinajstić information content (AvgIpc) is 2.67. The van der Waals surface area contributed by atoms with Crippen LogP contribution in [-0.4, -0.2) is 30.6 Å². The van der Waals surface area contributed by atoms with Crippen LogP contribution in [0.4, 0.5) is 29.1 Å². The molecular formula is C18H13ClF4N4O2. The van der Waals surface area contributed by atoms with Crippen molar-refractivity contribution in [2.45, 2.75) is 13.1 Å². The number of carbonyl (C=O) groups excluding carboxylic acids is 1. The number of benzene rings is 1. The van der Waals surface area contributed by atoms with Crippen molar-refractivity contribution in [3.8, 4) is 11.8 Å². The number of pyridine rings is 1. The highest BCUT2D eigenvalue weighted by atomic mass is 35.5. The zero-order chi connectivity index (χ0) is 21.3. The second-order valence-corrected chi connectivity index (χ2v) is 6.48. The Labute approximate surface area is 167 Å². The second-order valence-electron chi connectivity index (χ2n) is 6.10. The summed E-state index contributed by atoms with van der Waals surface area (Å²) in [5.74, 6) is -1.59. The number of hydrogen-bond donors (Lipinski definition) is 1. The summed E-state index contributed by atoms with van der Waals surface area (Å²) in [6.45, 7) is 1.09. The van der Waals surface area contributed by atoms with Crippen molar-refractivity contribution >= 4 is 29.0 Å². The van der Waals surface area contributed by atoms with Crippen molar-refractivity contribution in [1.29, 1.82) is 5.26 Å². The Balaban J connectivity index is 1.86. The van der Waals surface area contributed by atoms with E-state index in [1.165, 1.54) is 24.0 Å². The number of anilines is 2. The molecule has 1 aliphatic rings. The van der Waals surface area contributed by atoms with Crippen LogP contribution in [-0.2, 0) is 11.0 Å². The number of nitrogens with one attached hydrogen (secondary N) is 1. The van der Waals surface area contributed by atoms with Gasteiger partial charge in [-0.1, -0.05) is 11.6 Å². The summed E-state index contributed by atoms with van der Waals surface area (Å²) >= 11 is 5.87. The minimum atomic E-state index is -4.75. The van der Waals surface area contributed by atoms with E-state index in [1.54, 1.807) is 0 Å². The molecule has 152 valence electrons. The SMILES string of the molecule is Cc1cc(C(F)(F)F)c(C#N)c(NCC(=O)N2CCOc3c2ccc(F)c3Cl)n1. The van der Waals surface area contributed by atoms with Gasteiger partial charge in [-0.25, -0.2) is 9.37 Å². The van der Waals surface area contributed by atoms with Crippen LogP contribution in [0.1, 0.15) is 16.8 Å². The van der Waals surface area contributed by atoms with Crippen molar-refractivity contribution < 1.29 is 27.1 Å². The van der Waals surface area contributed by atoms with Gasteiger partial charge in [-0.2, -0.15) is 18.4 Å². The lowest BCUT2D eigenvalue weighted by Gasteiger charge is -2.30. The molecule has 1 aromatic heterocycles. The minimum absolute atomic E-state index is 0.0111. The molecule has 0 atom stereocenters. The smallest absolute Gasteiger partial charge is 0.417 e. The number of carbonyl (C=O) groups is 1. The molecule has 1 N–H and O–H groups in total. The summed E-state index contributed by atoms with van der Waals surface area (Å²) in [6, 6.07) is 4.64. The average molecular weight is 429 g/mol. The Morgan fingerprint density at radius 2 is 2.17 bits per heavy atom. The van der Waals surface area contributed by atoms with Gasteiger partial charge in [0.05, 0.1) is 24.3 Å². The van der Waals surface area contributed by atoms with Gasteiger partial charge < -0.3 is 15.0 Å². The highest BCUT2D eigenvalue weighted by molar-refractivity contribution is 6.32. The van der Waals surface area contributed by atoms with Gasteiger partial charge in [0, 0.05) is 5.69 Å². The van der Waals surface area contributed by atoms with Gasteiger partial charge in [-0.15, -0.1) is 0 Å². The number of aryl methyl sites for hydroxylation is 1. The molecule has 1 aliphatic heterocycles. The van der Waals surface area contributed by atoms with Gasteiger partial charge >= 0.3 is 6.18 Å². The molecule has 0 radical (unpaired) electrons. The predicted molar refractivity (Wildman–Crippen MR) is 96.4 cm³/mol. The maximum absolute atomic E-state index is 13.6. The Morgan fingerprint density at radius 1 is 1.45 bits per heavy atom. The van der Waals surface area contributed by atoms with E-state index in [0.29, 0.717) is 0 Å². The standard InChI is InChI=1S/C18H13ClF4N4O2/c1-9-6-11(18(21,22)23)10(7-24)17(26-9)25-8-14(28)27-4-5-29-16-13(27)3-2-12(20)15(16)19/h2-3,6H,4-5,8H2,1H3,(H,25,26). The van der Waals surface area contributed by atoms with Gasteiger partial charge in [-0.05, 0) is 25.1 Å². The third-order valence-corrected chi connectivity index (χ3v) is 4.51. The number of aromatic nitrogens is 1. The summed E-state index contributed by atoms with van der Waals surface area (Å²) in [5.41, 5.74) is -1.57. The van der Waals surface area contributed by atoms with E-state index < -0.39 is 35.6 Å². The summed E-state index contributed by atoms with van der Waals surface area (Å²) in [7, 11) is 0. The summed E-state index contributed by atoms with van der Waals surface area (Å²) in [6.07, 6.45) is -4.75. The molecule has 6 nitrogen and oxygen atoms in total. The first-order valence-electron chi connectivity index (χ1n) is 8.27. The number of nitriles is 1. The lowest BCUT2D eigenvalue weighted by atomic mass is 10.1. The molecule has 0 unspecified atom stereocenters. The van der Waals surface area contributed by atoms with Crippen molar-refractivity contribution in [3.63, 3.8) is 0 Å². The Bertz CT molecular complexity index is 1020. The molecule has 2 aromatic rings. The van der Waals surface area contributed by atoms with Gasteiger partial charge in [0.2, 0.25) is 5.91 Å². The van der Waals surface area contributed by atoms with Crippen LogP contribution in [0.25, 0.3) is 0 Å². The number of ether oxygens (including phenoxy) is 1. The maximum atomic E-state index is 13.6. The van der Waals surface area contributed by atoms with Crippen LogP contribution in [0.2, 0.25) is 5.02 Å². The number of alkyl halides is 3. The molecule has 0 bridgehead atoms. The lowest BCUT2D eigenvalue weighted by molar-refractivity contribution is -0.137. The van der Waals surface area contributed by atoms with Crippen LogP contribution in [0.15, 0.2) is 18.2 Å². The van der Waals surface area contributed by atoms with Crippen LogP contribution in [0, 0.1) is 24.1 Å². The topological polar surface area (TPSA) is 78.2 Å². The fourth-order valence-corrected chi connectivity index (χ4v) is 3.10. The van der Waals surface area contributed by atoms with Gasteiger partial charge in [0.1, 0.15) is 34.9 Å². The van der Waals surface area contributed by atoms with Crippen molar-refractivity contribution in [2.24, 2.45) is 0 Å². The van der Waals surface area contributed by atoms with Crippen LogP contribution < -0.4 is 15.0 Å². The first kappa shape index (κ1) is 20.7. The van der Waals surface area contributed by atoms with Crippen LogP contribution >= 0.6 is 11.6 Å². The predicted octanol–water partition coefficient (Wildman–Crippen LogP) is 3.91. The monoisotopic (exact) mass is 428 g/mol. The van der Waals surface area contributed by atoms with E-state index in [1.807, 2.05) is 0 Å². The molecule has 0 saturated carbocycles. The molecule has 1 amide bonds. The molecule has 2 heterocycles. The summed E-state index contributed by atoms with van der Waals surface area (Å²) in [4.78, 5) is 17.8. The first-order valence-corrected chi connectivity index (χ1v) is 8.65.